The van der Waals surface area contributed by atoms with Crippen LogP contribution in [0.5, 0.6) is 5.75 Å². The van der Waals surface area contributed by atoms with E-state index in [4.69, 9.17) is 9.84 Å². The van der Waals surface area contributed by atoms with Crippen LogP contribution in [0.25, 0.3) is 0 Å². The van der Waals surface area contributed by atoms with Crippen LogP contribution in [-0.4, -0.2) is 83.6 Å². The number of carboxylic acid groups (broad SMARTS) is 1. The molecule has 15 nitrogen and oxygen atoms in total. The zero-order valence-electron chi connectivity index (χ0n) is 32.7. The summed E-state index contributed by atoms with van der Waals surface area (Å²) in [6.45, 7) is 2.14. The van der Waals surface area contributed by atoms with Gasteiger partial charge in [-0.2, -0.15) is 11.8 Å². The quantitative estimate of drug-likeness (QED) is 0.0690. The normalized spacial score (nSPS) is 17.1. The number of hydrogen-bond acceptors (Lipinski definition) is 8. The summed E-state index contributed by atoms with van der Waals surface area (Å²) in [5, 5.41) is 29.8. The molecule has 0 radical (unpaired) electrons. The molecule has 0 aromatic heterocycles. The third-order valence-electron chi connectivity index (χ3n) is 9.87. The van der Waals surface area contributed by atoms with Crippen molar-refractivity contribution in [1.82, 2.24) is 21.3 Å². The summed E-state index contributed by atoms with van der Waals surface area (Å²) >= 11 is 1.90. The van der Waals surface area contributed by atoms with E-state index < -0.39 is 12.6 Å². The van der Waals surface area contributed by atoms with Crippen molar-refractivity contribution in [2.45, 2.75) is 88.5 Å². The van der Waals surface area contributed by atoms with Gasteiger partial charge in [-0.05, 0) is 98.5 Å². The molecule has 0 spiro atoms. The van der Waals surface area contributed by atoms with E-state index in [1.807, 2.05) is 43.0 Å². The molecular weight excluding hydrogens is 763 g/mol. The molecule has 5 rings (SSSR count). The molecule has 310 valence electrons. The maximum atomic E-state index is 12.9. The van der Waals surface area contributed by atoms with E-state index in [1.54, 1.807) is 42.5 Å². The molecule has 8 N–H and O–H groups in total. The fraction of sp³-hybridized carbons (Fsp3) is 0.429. The first-order chi connectivity index (χ1) is 28.0. The van der Waals surface area contributed by atoms with E-state index in [1.165, 1.54) is 0 Å². The van der Waals surface area contributed by atoms with Crippen molar-refractivity contribution in [3.8, 4) is 5.75 Å². The Bertz CT molecular complexity index is 1910. The van der Waals surface area contributed by atoms with E-state index in [0.29, 0.717) is 59.6 Å². The second-order valence-corrected chi connectivity index (χ2v) is 15.8. The third-order valence-corrected chi connectivity index (χ3v) is 11.5. The van der Waals surface area contributed by atoms with Gasteiger partial charge in [-0.1, -0.05) is 36.8 Å². The largest absolute Gasteiger partial charge is 0.482 e. The Kier molecular flexibility index (Phi) is 16.6. The van der Waals surface area contributed by atoms with E-state index in [9.17, 15) is 28.8 Å². The second kappa shape index (κ2) is 22.2. The maximum Gasteiger partial charge on any atom is 0.341 e. The Hall–Kier alpha value is -5.77. The molecule has 0 aliphatic carbocycles. The first-order valence-corrected chi connectivity index (χ1v) is 20.8. The molecule has 58 heavy (non-hydrogen) atoms. The standard InChI is InChI=1S/C42H53N7O8S/c1-27-7-2-3-8-33(27)48-41(55)46-30-14-11-28(12-15-30)23-39(52)45-31-17-19-35(57-25-40(53)54)29(24-31)13-20-38(51)44-22-6-21-43-37(50)10-5-4-9-36-34-18-16-32(26-58-36)47-42(56)49-34/h2-3,7-8,11-12,14-15,17,19,24,32,34,36H,4-6,9-10,13,16,18,20-23,25-26H2,1H3,(H,43,50)(H,44,51)(H,45,52)(H,53,54)(H2,46,48,55)(H2,47,49,56)/t32-,34+,36?/m0/s1. The minimum Gasteiger partial charge on any atom is -0.482 e. The molecule has 3 atom stereocenters. The van der Waals surface area contributed by atoms with Gasteiger partial charge in [0.15, 0.2) is 6.61 Å². The highest BCUT2D eigenvalue weighted by molar-refractivity contribution is 8.00. The highest BCUT2D eigenvalue weighted by Gasteiger charge is 2.32. The molecule has 2 heterocycles. The predicted molar refractivity (Wildman–Crippen MR) is 224 cm³/mol. The van der Waals surface area contributed by atoms with E-state index in [-0.39, 0.29) is 61.1 Å². The molecule has 2 aliphatic heterocycles. The van der Waals surface area contributed by atoms with Crippen molar-refractivity contribution >= 4 is 64.6 Å². The number of unbranched alkanes of at least 4 members (excludes halogenated alkanes) is 1. The van der Waals surface area contributed by atoms with Crippen LogP contribution in [0, 0.1) is 6.92 Å². The van der Waals surface area contributed by atoms with E-state index in [2.05, 4.69) is 37.2 Å². The number of ether oxygens (including phenoxy) is 1. The van der Waals surface area contributed by atoms with Gasteiger partial charge in [-0.25, -0.2) is 14.4 Å². The lowest BCUT2D eigenvalue weighted by Gasteiger charge is -2.27. The van der Waals surface area contributed by atoms with Crippen molar-refractivity contribution < 1.29 is 38.6 Å². The molecule has 1 unspecified atom stereocenters. The van der Waals surface area contributed by atoms with Crippen molar-refractivity contribution in [3.63, 3.8) is 0 Å². The first kappa shape index (κ1) is 43.4. The molecule has 2 fully saturated rings. The van der Waals surface area contributed by atoms with Gasteiger partial charge in [0.05, 0.1) is 6.42 Å². The van der Waals surface area contributed by atoms with Gasteiger partial charge in [0.2, 0.25) is 17.7 Å². The van der Waals surface area contributed by atoms with Gasteiger partial charge in [0, 0.05) is 66.1 Å². The number of aliphatic carboxylic acids is 1. The topological polar surface area (TPSA) is 216 Å². The predicted octanol–water partition coefficient (Wildman–Crippen LogP) is 5.34. The molecule has 3 aromatic rings. The molecule has 3 aromatic carbocycles. The highest BCUT2D eigenvalue weighted by Crippen LogP contribution is 2.30. The number of aryl methyl sites for hydroxylation is 2. The summed E-state index contributed by atoms with van der Waals surface area (Å²) in [7, 11) is 0. The molecule has 7 amide bonds. The molecule has 2 saturated heterocycles. The van der Waals surface area contributed by atoms with Gasteiger partial charge >= 0.3 is 18.0 Å². The van der Waals surface area contributed by atoms with Crippen LogP contribution in [0.1, 0.15) is 68.1 Å². The number of thioether (sulfide) groups is 1. The summed E-state index contributed by atoms with van der Waals surface area (Å²) in [4.78, 5) is 73.6. The van der Waals surface area contributed by atoms with Gasteiger partial charge in [0.25, 0.3) is 0 Å². The Morgan fingerprint density at radius 2 is 1.55 bits per heavy atom. The monoisotopic (exact) mass is 815 g/mol. The lowest BCUT2D eigenvalue weighted by molar-refractivity contribution is -0.139. The average molecular weight is 816 g/mol. The minimum atomic E-state index is -1.15. The van der Waals surface area contributed by atoms with Crippen LogP contribution in [-0.2, 0) is 32.0 Å². The van der Waals surface area contributed by atoms with Crippen molar-refractivity contribution in [2.75, 3.05) is 41.4 Å². The number of urea groups is 2. The summed E-state index contributed by atoms with van der Waals surface area (Å²) in [5.74, 6) is -0.460. The Balaban J connectivity index is 0.991. The Morgan fingerprint density at radius 3 is 2.31 bits per heavy atom. The molecule has 16 heteroatoms. The number of carbonyl (C=O) groups is 6. The number of rotatable bonds is 20. The van der Waals surface area contributed by atoms with Gasteiger partial charge in [-0.15, -0.1) is 0 Å². The molecule has 2 aliphatic rings. The minimum absolute atomic E-state index is 0.0261. The number of nitrogens with one attached hydrogen (secondary N) is 7. The van der Waals surface area contributed by atoms with Gasteiger partial charge < -0.3 is 47.1 Å². The Labute approximate surface area is 342 Å². The van der Waals surface area contributed by atoms with Crippen LogP contribution in [0.4, 0.5) is 26.7 Å². The van der Waals surface area contributed by atoms with E-state index >= 15 is 0 Å². The number of carboxylic acids is 1. The van der Waals surface area contributed by atoms with Gasteiger partial charge in [-0.3, -0.25) is 14.4 Å². The molecule has 0 saturated carbocycles. The number of carbonyl (C=O) groups excluding carboxylic acids is 5. The number of amides is 7. The van der Waals surface area contributed by atoms with Crippen LogP contribution in [0.2, 0.25) is 0 Å². The van der Waals surface area contributed by atoms with Crippen LogP contribution >= 0.6 is 11.8 Å². The van der Waals surface area contributed by atoms with Crippen molar-refractivity contribution in [1.29, 1.82) is 0 Å². The van der Waals surface area contributed by atoms with Crippen LogP contribution in [0.3, 0.4) is 0 Å². The summed E-state index contributed by atoms with van der Waals surface area (Å²) in [6.07, 6.45) is 5.99. The average Bonchev–Trinajstić information content (AvgIpc) is 3.49. The molecular formula is C42H53N7O8S. The summed E-state index contributed by atoms with van der Waals surface area (Å²) < 4.78 is 5.45. The molecule has 2 bridgehead atoms. The first-order valence-electron chi connectivity index (χ1n) is 19.7. The highest BCUT2D eigenvalue weighted by atomic mass is 32.2. The number of benzene rings is 3. The zero-order valence-corrected chi connectivity index (χ0v) is 33.5. The number of para-hydroxylation sites is 1. The number of fused-ring (bicyclic) bond motifs is 3. The number of hydrogen-bond donors (Lipinski definition) is 8. The zero-order chi connectivity index (χ0) is 41.3. The lowest BCUT2D eigenvalue weighted by atomic mass is 10.0. The lowest BCUT2D eigenvalue weighted by Crippen LogP contribution is -2.48. The summed E-state index contributed by atoms with van der Waals surface area (Å²) in [6, 6.07) is 19.1. The van der Waals surface area contributed by atoms with Crippen LogP contribution in [0.15, 0.2) is 66.7 Å². The smallest absolute Gasteiger partial charge is 0.341 e. The van der Waals surface area contributed by atoms with Crippen molar-refractivity contribution in [2.24, 2.45) is 0 Å². The fourth-order valence-electron chi connectivity index (χ4n) is 6.79. The van der Waals surface area contributed by atoms with Crippen LogP contribution < -0.4 is 42.0 Å². The second-order valence-electron chi connectivity index (χ2n) is 14.5. The SMILES string of the molecule is Cc1ccccc1NC(=O)Nc1ccc(CC(=O)Nc2ccc(OCC(=O)O)c(CCC(=O)NCCCNC(=O)CCCCC3SC[C@@H]4CC[C@H]3NC(=O)N4)c2)cc1. The Morgan fingerprint density at radius 1 is 0.810 bits per heavy atom. The maximum absolute atomic E-state index is 12.9. The summed E-state index contributed by atoms with van der Waals surface area (Å²) in [5.41, 5.74) is 3.94. The third kappa shape index (κ3) is 14.6. The number of anilines is 3. The van der Waals surface area contributed by atoms with Gasteiger partial charge in [0.1, 0.15) is 5.75 Å². The van der Waals surface area contributed by atoms with Crippen molar-refractivity contribution in [3.05, 3.63) is 83.4 Å². The van der Waals surface area contributed by atoms with E-state index in [0.717, 1.165) is 49.0 Å². The fourth-order valence-corrected chi connectivity index (χ4v) is 8.29.